The maximum Gasteiger partial charge on any atom is 0.0827 e. The van der Waals surface area contributed by atoms with Gasteiger partial charge in [0.2, 0.25) is 0 Å². The maximum absolute atomic E-state index is 4.42. The van der Waals surface area contributed by atoms with Gasteiger partial charge in [0, 0.05) is 13.6 Å². The molecule has 1 heterocycles. The number of aryl methyl sites for hydroxylation is 2. The van der Waals surface area contributed by atoms with Gasteiger partial charge in [0.15, 0.2) is 0 Å². The van der Waals surface area contributed by atoms with Crippen molar-refractivity contribution in [2.24, 2.45) is 7.05 Å². The molecular weight excluding hydrogens is 246 g/mol. The first-order valence-electron chi connectivity index (χ1n) is 7.12. The van der Waals surface area contributed by atoms with Crippen LogP contribution < -0.4 is 5.32 Å². The van der Waals surface area contributed by atoms with Crippen molar-refractivity contribution in [3.05, 3.63) is 46.8 Å². The number of aromatic nitrogens is 2. The van der Waals surface area contributed by atoms with Crippen molar-refractivity contribution in [3.8, 4) is 0 Å². The highest BCUT2D eigenvalue weighted by Gasteiger charge is 2.13. The van der Waals surface area contributed by atoms with E-state index in [1.54, 1.807) is 0 Å². The first-order valence-corrected chi connectivity index (χ1v) is 7.12. The van der Waals surface area contributed by atoms with Crippen molar-refractivity contribution in [1.29, 1.82) is 0 Å². The fraction of sp³-hybridized carbons (Fsp3) is 0.471. The Morgan fingerprint density at radius 2 is 1.70 bits per heavy atom. The molecule has 0 radical (unpaired) electrons. The number of nitrogens with zero attached hydrogens (tertiary/aromatic N) is 2. The molecule has 1 N–H and O–H groups in total. The largest absolute Gasteiger partial charge is 0.378 e. The summed E-state index contributed by atoms with van der Waals surface area (Å²) in [4.78, 5) is 0. The number of hydrogen-bond donors (Lipinski definition) is 1. The quantitative estimate of drug-likeness (QED) is 0.916. The normalized spacial score (nSPS) is 11.7. The van der Waals surface area contributed by atoms with Gasteiger partial charge in [0.25, 0.3) is 0 Å². The fourth-order valence-electron chi connectivity index (χ4n) is 2.34. The molecule has 3 heteroatoms. The highest BCUT2D eigenvalue weighted by Crippen LogP contribution is 2.23. The zero-order chi connectivity index (χ0) is 14.9. The Hall–Kier alpha value is -1.77. The molecule has 1 aromatic carbocycles. The van der Waals surface area contributed by atoms with Gasteiger partial charge in [-0.25, -0.2) is 0 Å². The number of hydrogen-bond acceptors (Lipinski definition) is 2. The summed E-state index contributed by atoms with van der Waals surface area (Å²) in [6.45, 7) is 11.7. The Labute approximate surface area is 122 Å². The lowest BCUT2D eigenvalue weighted by molar-refractivity contribution is 0.590. The first kappa shape index (κ1) is 14.6. The third-order valence-corrected chi connectivity index (χ3v) is 3.80. The van der Waals surface area contributed by atoms with Gasteiger partial charge in [-0.1, -0.05) is 45.0 Å². The summed E-state index contributed by atoms with van der Waals surface area (Å²) in [6.07, 6.45) is 0. The topological polar surface area (TPSA) is 29.9 Å². The van der Waals surface area contributed by atoms with Gasteiger partial charge < -0.3 is 5.32 Å². The summed E-state index contributed by atoms with van der Waals surface area (Å²) < 4.78 is 1.92. The molecule has 2 aromatic rings. The Balaban J connectivity index is 2.08. The smallest absolute Gasteiger partial charge is 0.0827 e. The summed E-state index contributed by atoms with van der Waals surface area (Å²) >= 11 is 0. The molecule has 0 aliphatic rings. The minimum Gasteiger partial charge on any atom is -0.378 e. The molecule has 0 saturated carbocycles. The lowest BCUT2D eigenvalue weighted by atomic mass is 9.87. The maximum atomic E-state index is 4.42. The Kier molecular flexibility index (Phi) is 3.89. The summed E-state index contributed by atoms with van der Waals surface area (Å²) in [7, 11) is 1.98. The average Bonchev–Trinajstić information content (AvgIpc) is 2.61. The van der Waals surface area contributed by atoms with Crippen LogP contribution in [0, 0.1) is 13.8 Å². The van der Waals surface area contributed by atoms with Crippen LogP contribution in [-0.4, -0.2) is 9.78 Å². The van der Waals surface area contributed by atoms with Gasteiger partial charge in [-0.05, 0) is 30.4 Å². The molecule has 0 aliphatic heterocycles. The summed E-state index contributed by atoms with van der Waals surface area (Å²) in [5.41, 5.74) is 6.25. The fourth-order valence-corrected chi connectivity index (χ4v) is 2.34. The van der Waals surface area contributed by atoms with E-state index in [1.807, 2.05) is 18.7 Å². The molecule has 0 bridgehead atoms. The van der Waals surface area contributed by atoms with Crippen LogP contribution in [0.5, 0.6) is 0 Å². The number of benzene rings is 1. The second-order valence-corrected chi connectivity index (χ2v) is 6.47. The molecule has 2 rings (SSSR count). The van der Waals surface area contributed by atoms with Crippen molar-refractivity contribution >= 4 is 5.69 Å². The Morgan fingerprint density at radius 1 is 1.10 bits per heavy atom. The second kappa shape index (κ2) is 5.31. The van der Waals surface area contributed by atoms with Crippen LogP contribution >= 0.6 is 0 Å². The van der Waals surface area contributed by atoms with Crippen LogP contribution in [0.1, 0.15) is 43.3 Å². The third kappa shape index (κ3) is 3.03. The molecule has 0 spiro atoms. The first-order chi connectivity index (χ1) is 9.29. The molecule has 0 fully saturated rings. The lowest BCUT2D eigenvalue weighted by Crippen LogP contribution is -2.11. The SMILES string of the molecule is Cc1nn(C)c(C)c1NCc1ccc(C(C)(C)C)cc1. The van der Waals surface area contributed by atoms with Crippen LogP contribution in [0.25, 0.3) is 0 Å². The predicted octanol–water partition coefficient (Wildman–Crippen LogP) is 3.95. The lowest BCUT2D eigenvalue weighted by Gasteiger charge is -2.19. The van der Waals surface area contributed by atoms with Crippen molar-refractivity contribution in [2.75, 3.05) is 5.32 Å². The van der Waals surface area contributed by atoms with E-state index >= 15 is 0 Å². The number of anilines is 1. The molecule has 1 aromatic heterocycles. The number of nitrogens with one attached hydrogen (secondary N) is 1. The molecule has 0 atom stereocenters. The molecule has 0 unspecified atom stereocenters. The molecule has 3 nitrogen and oxygen atoms in total. The molecule has 0 saturated heterocycles. The zero-order valence-corrected chi connectivity index (χ0v) is 13.4. The van der Waals surface area contributed by atoms with Crippen LogP contribution in [0.3, 0.4) is 0 Å². The summed E-state index contributed by atoms with van der Waals surface area (Å²) in [5, 5.41) is 7.92. The van der Waals surface area contributed by atoms with E-state index < -0.39 is 0 Å². The van der Waals surface area contributed by atoms with Gasteiger partial charge in [-0.3, -0.25) is 4.68 Å². The van der Waals surface area contributed by atoms with E-state index in [9.17, 15) is 0 Å². The van der Waals surface area contributed by atoms with Gasteiger partial charge in [0.05, 0.1) is 17.1 Å². The zero-order valence-electron chi connectivity index (χ0n) is 13.4. The van der Waals surface area contributed by atoms with E-state index in [1.165, 1.54) is 16.8 Å². The van der Waals surface area contributed by atoms with E-state index in [4.69, 9.17) is 0 Å². The third-order valence-electron chi connectivity index (χ3n) is 3.80. The van der Waals surface area contributed by atoms with Crippen molar-refractivity contribution in [2.45, 2.75) is 46.6 Å². The van der Waals surface area contributed by atoms with Crippen LogP contribution in [-0.2, 0) is 19.0 Å². The van der Waals surface area contributed by atoms with Gasteiger partial charge in [0.1, 0.15) is 0 Å². The monoisotopic (exact) mass is 271 g/mol. The molecule has 20 heavy (non-hydrogen) atoms. The molecule has 0 amide bonds. The van der Waals surface area contributed by atoms with E-state index in [2.05, 4.69) is 62.4 Å². The molecule has 108 valence electrons. The van der Waals surface area contributed by atoms with Crippen LogP contribution in [0.2, 0.25) is 0 Å². The Bertz CT molecular complexity index is 586. The average molecular weight is 271 g/mol. The summed E-state index contributed by atoms with van der Waals surface area (Å²) in [6, 6.07) is 8.85. The van der Waals surface area contributed by atoms with Gasteiger partial charge >= 0.3 is 0 Å². The molecule has 0 aliphatic carbocycles. The van der Waals surface area contributed by atoms with Gasteiger partial charge in [-0.15, -0.1) is 0 Å². The predicted molar refractivity (Wildman–Crippen MR) is 85.2 cm³/mol. The van der Waals surface area contributed by atoms with Crippen LogP contribution in [0.4, 0.5) is 5.69 Å². The van der Waals surface area contributed by atoms with E-state index in [0.29, 0.717) is 0 Å². The summed E-state index contributed by atoms with van der Waals surface area (Å²) in [5.74, 6) is 0. The standard InChI is InChI=1S/C17H25N3/c1-12-16(13(2)20(6)19-12)18-11-14-7-9-15(10-8-14)17(3,4)5/h7-10,18H,11H2,1-6H3. The highest BCUT2D eigenvalue weighted by molar-refractivity contribution is 5.52. The van der Waals surface area contributed by atoms with Crippen LogP contribution in [0.15, 0.2) is 24.3 Å². The number of rotatable bonds is 3. The molecular formula is C17H25N3. The van der Waals surface area contributed by atoms with Crippen molar-refractivity contribution in [1.82, 2.24) is 9.78 Å². The van der Waals surface area contributed by atoms with E-state index in [0.717, 1.165) is 17.9 Å². The van der Waals surface area contributed by atoms with Gasteiger partial charge in [-0.2, -0.15) is 5.10 Å². The minimum absolute atomic E-state index is 0.211. The highest BCUT2D eigenvalue weighted by atomic mass is 15.3. The van der Waals surface area contributed by atoms with Crippen molar-refractivity contribution < 1.29 is 0 Å². The van der Waals surface area contributed by atoms with Crippen molar-refractivity contribution in [3.63, 3.8) is 0 Å². The van der Waals surface area contributed by atoms with E-state index in [-0.39, 0.29) is 5.41 Å². The minimum atomic E-state index is 0.211. The Morgan fingerprint density at radius 3 is 2.15 bits per heavy atom. The second-order valence-electron chi connectivity index (χ2n) is 6.47.